The molecule has 1 aromatic heterocycles. The number of hydrogen-bond acceptors (Lipinski definition) is 2. The third-order valence-electron chi connectivity index (χ3n) is 4.53. The molecule has 0 spiro atoms. The summed E-state index contributed by atoms with van der Waals surface area (Å²) in [5.74, 6) is 1.36. The highest BCUT2D eigenvalue weighted by molar-refractivity contribution is 6.35. The van der Waals surface area contributed by atoms with Crippen molar-refractivity contribution >= 4 is 34.1 Å². The standard InChI is InChI=1S/C20H17Cl2NO/c1-24-19-9-8-17(22)16-11-15(13-4-5-13)18(23-20(16)19)10-12-2-6-14(21)7-3-12/h2-3,6-9,11,13H,4-5,10H2,1H3. The molecule has 0 aliphatic heterocycles. The van der Waals surface area contributed by atoms with Gasteiger partial charge in [-0.2, -0.15) is 0 Å². The zero-order valence-corrected chi connectivity index (χ0v) is 14.9. The van der Waals surface area contributed by atoms with Gasteiger partial charge in [0, 0.05) is 22.5 Å². The summed E-state index contributed by atoms with van der Waals surface area (Å²) >= 11 is 12.4. The Morgan fingerprint density at radius 2 is 1.83 bits per heavy atom. The maximum absolute atomic E-state index is 6.40. The van der Waals surface area contributed by atoms with Crippen LogP contribution in [0.4, 0.5) is 0 Å². The quantitative estimate of drug-likeness (QED) is 0.569. The molecule has 3 aromatic rings. The lowest BCUT2D eigenvalue weighted by atomic mass is 10.00. The molecule has 1 aliphatic carbocycles. The number of fused-ring (bicyclic) bond motifs is 1. The molecule has 4 heteroatoms. The van der Waals surface area contributed by atoms with Crippen molar-refractivity contribution in [1.29, 1.82) is 0 Å². The fraction of sp³-hybridized carbons (Fsp3) is 0.250. The predicted molar refractivity (Wildman–Crippen MR) is 99.5 cm³/mol. The summed E-state index contributed by atoms with van der Waals surface area (Å²) in [6.45, 7) is 0. The summed E-state index contributed by atoms with van der Waals surface area (Å²) in [5.41, 5.74) is 4.45. The number of nitrogens with zero attached hydrogens (tertiary/aromatic N) is 1. The van der Waals surface area contributed by atoms with Crippen molar-refractivity contribution in [2.45, 2.75) is 25.2 Å². The van der Waals surface area contributed by atoms with Crippen LogP contribution in [-0.2, 0) is 6.42 Å². The van der Waals surface area contributed by atoms with Crippen molar-refractivity contribution in [2.24, 2.45) is 0 Å². The van der Waals surface area contributed by atoms with Gasteiger partial charge in [-0.3, -0.25) is 0 Å². The van der Waals surface area contributed by atoms with E-state index in [9.17, 15) is 0 Å². The first-order valence-corrected chi connectivity index (χ1v) is 8.82. The molecule has 2 aromatic carbocycles. The molecule has 24 heavy (non-hydrogen) atoms. The Balaban J connectivity index is 1.86. The van der Waals surface area contributed by atoms with Gasteiger partial charge in [-0.15, -0.1) is 0 Å². The first-order valence-electron chi connectivity index (χ1n) is 8.06. The SMILES string of the molecule is COc1ccc(Cl)c2cc(C3CC3)c(Cc3ccc(Cl)cc3)nc12. The fourth-order valence-electron chi connectivity index (χ4n) is 3.10. The minimum Gasteiger partial charge on any atom is -0.494 e. The zero-order chi connectivity index (χ0) is 16.7. The number of methoxy groups -OCH3 is 1. The van der Waals surface area contributed by atoms with Crippen molar-refractivity contribution in [1.82, 2.24) is 4.98 Å². The van der Waals surface area contributed by atoms with Gasteiger partial charge in [0.15, 0.2) is 0 Å². The number of rotatable bonds is 4. The molecule has 4 rings (SSSR count). The zero-order valence-electron chi connectivity index (χ0n) is 13.4. The second kappa shape index (κ2) is 6.27. The highest BCUT2D eigenvalue weighted by atomic mass is 35.5. The van der Waals surface area contributed by atoms with Crippen molar-refractivity contribution in [3.05, 3.63) is 69.3 Å². The highest BCUT2D eigenvalue weighted by Crippen LogP contribution is 2.44. The van der Waals surface area contributed by atoms with Gasteiger partial charge in [0.2, 0.25) is 0 Å². The summed E-state index contributed by atoms with van der Waals surface area (Å²) in [7, 11) is 1.66. The van der Waals surface area contributed by atoms with Crippen LogP contribution in [0.25, 0.3) is 10.9 Å². The van der Waals surface area contributed by atoms with Crippen molar-refractivity contribution in [3.63, 3.8) is 0 Å². The molecular formula is C20H17Cl2NO. The Morgan fingerprint density at radius 1 is 1.08 bits per heavy atom. The minimum absolute atomic E-state index is 0.603. The molecule has 1 heterocycles. The Bertz CT molecular complexity index is 902. The molecule has 0 saturated heterocycles. The van der Waals surface area contributed by atoms with Crippen LogP contribution in [0, 0.1) is 0 Å². The topological polar surface area (TPSA) is 22.1 Å². The number of hydrogen-bond donors (Lipinski definition) is 0. The second-order valence-corrected chi connectivity index (χ2v) is 7.09. The first kappa shape index (κ1) is 15.7. The van der Waals surface area contributed by atoms with E-state index in [1.165, 1.54) is 24.0 Å². The number of benzene rings is 2. The molecule has 1 fully saturated rings. The monoisotopic (exact) mass is 357 g/mol. The lowest BCUT2D eigenvalue weighted by Gasteiger charge is -2.13. The van der Waals surface area contributed by atoms with Crippen LogP contribution >= 0.6 is 23.2 Å². The summed E-state index contributed by atoms with van der Waals surface area (Å²) in [5, 5.41) is 2.44. The average Bonchev–Trinajstić information content (AvgIpc) is 3.42. The summed E-state index contributed by atoms with van der Waals surface area (Å²) in [6.07, 6.45) is 3.24. The lowest BCUT2D eigenvalue weighted by Crippen LogP contribution is -2.01. The second-order valence-electron chi connectivity index (χ2n) is 6.25. The summed E-state index contributed by atoms with van der Waals surface area (Å²) in [6, 6.07) is 13.9. The third kappa shape index (κ3) is 2.97. The molecule has 0 bridgehead atoms. The van der Waals surface area contributed by atoms with Crippen molar-refractivity contribution < 1.29 is 4.74 Å². The Morgan fingerprint density at radius 3 is 2.50 bits per heavy atom. The van der Waals surface area contributed by atoms with E-state index in [0.29, 0.717) is 5.92 Å². The summed E-state index contributed by atoms with van der Waals surface area (Å²) < 4.78 is 5.48. The van der Waals surface area contributed by atoms with Crippen LogP contribution < -0.4 is 4.74 Å². The van der Waals surface area contributed by atoms with Gasteiger partial charge >= 0.3 is 0 Å². The maximum Gasteiger partial charge on any atom is 0.145 e. The Labute approximate surface area is 151 Å². The van der Waals surface area contributed by atoms with Gasteiger partial charge in [0.05, 0.1) is 12.1 Å². The molecule has 0 atom stereocenters. The van der Waals surface area contributed by atoms with Gasteiger partial charge < -0.3 is 4.74 Å². The van der Waals surface area contributed by atoms with Crippen molar-refractivity contribution in [2.75, 3.05) is 7.11 Å². The van der Waals surface area contributed by atoms with Crippen LogP contribution in [0.2, 0.25) is 10.0 Å². The van der Waals surface area contributed by atoms with Gasteiger partial charge in [0.25, 0.3) is 0 Å². The third-order valence-corrected chi connectivity index (χ3v) is 5.11. The number of halogens is 2. The van der Waals surface area contributed by atoms with E-state index in [2.05, 4.69) is 18.2 Å². The molecule has 2 nitrogen and oxygen atoms in total. The van der Waals surface area contributed by atoms with E-state index in [1.54, 1.807) is 7.11 Å². The van der Waals surface area contributed by atoms with Gasteiger partial charge in [-0.1, -0.05) is 35.3 Å². The fourth-order valence-corrected chi connectivity index (χ4v) is 3.44. The van der Waals surface area contributed by atoms with E-state index in [-0.39, 0.29) is 0 Å². The smallest absolute Gasteiger partial charge is 0.145 e. The van der Waals surface area contributed by atoms with Crippen LogP contribution in [0.5, 0.6) is 5.75 Å². The predicted octanol–water partition coefficient (Wildman–Crippen LogP) is 6.02. The molecule has 1 saturated carbocycles. The maximum atomic E-state index is 6.40. The molecule has 0 unspecified atom stereocenters. The number of pyridine rings is 1. The Hall–Kier alpha value is -1.77. The van der Waals surface area contributed by atoms with Crippen LogP contribution in [-0.4, -0.2) is 12.1 Å². The number of aromatic nitrogens is 1. The average molecular weight is 358 g/mol. The molecule has 122 valence electrons. The normalized spacial score (nSPS) is 14.1. The van der Waals surface area contributed by atoms with E-state index in [4.69, 9.17) is 32.9 Å². The molecular weight excluding hydrogens is 341 g/mol. The largest absolute Gasteiger partial charge is 0.494 e. The molecule has 1 aliphatic rings. The van der Waals surface area contributed by atoms with Gasteiger partial charge in [0.1, 0.15) is 11.3 Å². The van der Waals surface area contributed by atoms with Crippen LogP contribution in [0.15, 0.2) is 42.5 Å². The van der Waals surface area contributed by atoms with Gasteiger partial charge in [-0.05, 0) is 60.2 Å². The molecule has 0 N–H and O–H groups in total. The Kier molecular flexibility index (Phi) is 4.11. The molecule has 0 amide bonds. The molecule has 0 radical (unpaired) electrons. The summed E-state index contributed by atoms with van der Waals surface area (Å²) in [4.78, 5) is 4.94. The first-order chi connectivity index (χ1) is 11.7. The van der Waals surface area contributed by atoms with Crippen LogP contribution in [0.3, 0.4) is 0 Å². The lowest BCUT2D eigenvalue weighted by molar-refractivity contribution is 0.419. The highest BCUT2D eigenvalue weighted by Gasteiger charge is 2.28. The van der Waals surface area contributed by atoms with Crippen molar-refractivity contribution in [3.8, 4) is 5.75 Å². The number of ether oxygens (including phenoxy) is 1. The van der Waals surface area contributed by atoms with Gasteiger partial charge in [-0.25, -0.2) is 4.98 Å². The van der Waals surface area contributed by atoms with Crippen LogP contribution in [0.1, 0.15) is 35.6 Å². The van der Waals surface area contributed by atoms with E-state index >= 15 is 0 Å². The van der Waals surface area contributed by atoms with E-state index in [1.807, 2.05) is 24.3 Å². The van der Waals surface area contributed by atoms with E-state index < -0.39 is 0 Å². The minimum atomic E-state index is 0.603. The van der Waals surface area contributed by atoms with E-state index in [0.717, 1.165) is 38.8 Å².